The maximum absolute atomic E-state index is 11.2. The highest BCUT2D eigenvalue weighted by Crippen LogP contribution is 2.32. The summed E-state index contributed by atoms with van der Waals surface area (Å²) in [7, 11) is -2.81. The number of thiophene rings is 1. The van der Waals surface area contributed by atoms with Gasteiger partial charge < -0.3 is 0 Å². The average molecular weight is 267 g/mol. The summed E-state index contributed by atoms with van der Waals surface area (Å²) in [5.41, 5.74) is 0.978. The van der Waals surface area contributed by atoms with E-state index >= 15 is 0 Å². The first-order chi connectivity index (χ1) is 5.58. The molecule has 2 nitrogen and oxygen atoms in total. The molecule has 0 unspecified atom stereocenters. The molecule has 12 heavy (non-hydrogen) atoms. The minimum Gasteiger partial charge on any atom is -0.228 e. The molecule has 1 aromatic heterocycles. The third kappa shape index (κ3) is 1.45. The Morgan fingerprint density at radius 1 is 1.50 bits per heavy atom. The van der Waals surface area contributed by atoms with E-state index in [2.05, 4.69) is 15.9 Å². The van der Waals surface area contributed by atoms with Crippen molar-refractivity contribution < 1.29 is 8.42 Å². The molecule has 0 aromatic carbocycles. The second-order valence-corrected chi connectivity index (χ2v) is 6.83. The fourth-order valence-corrected chi connectivity index (χ4v) is 4.86. The van der Waals surface area contributed by atoms with Gasteiger partial charge in [0.15, 0.2) is 9.84 Å². The Balaban J connectivity index is 2.52. The maximum atomic E-state index is 11.2. The van der Waals surface area contributed by atoms with Gasteiger partial charge in [0.1, 0.15) is 0 Å². The van der Waals surface area contributed by atoms with Gasteiger partial charge in [-0.1, -0.05) is 0 Å². The quantitative estimate of drug-likeness (QED) is 0.720. The molecular weight excluding hydrogens is 260 g/mol. The van der Waals surface area contributed by atoms with E-state index in [1.165, 1.54) is 4.88 Å². The van der Waals surface area contributed by atoms with Crippen molar-refractivity contribution in [1.29, 1.82) is 0 Å². The Kier molecular flexibility index (Phi) is 2.05. The van der Waals surface area contributed by atoms with Crippen LogP contribution in [0.5, 0.6) is 0 Å². The largest absolute Gasteiger partial charge is 0.228 e. The third-order valence-electron chi connectivity index (χ3n) is 1.93. The fourth-order valence-electron chi connectivity index (χ4n) is 1.30. The molecule has 0 spiro atoms. The molecule has 0 bridgehead atoms. The lowest BCUT2D eigenvalue weighted by Crippen LogP contribution is -2.17. The first-order valence-electron chi connectivity index (χ1n) is 3.54. The number of fused-ring (bicyclic) bond motifs is 1. The number of halogens is 1. The molecule has 0 aliphatic carbocycles. The molecule has 2 heterocycles. The van der Waals surface area contributed by atoms with Crippen molar-refractivity contribution in [2.24, 2.45) is 0 Å². The van der Waals surface area contributed by atoms with Gasteiger partial charge in [-0.2, -0.15) is 0 Å². The number of hydrogen-bond acceptors (Lipinski definition) is 3. The van der Waals surface area contributed by atoms with Crippen LogP contribution in [0.3, 0.4) is 0 Å². The van der Waals surface area contributed by atoms with Crippen LogP contribution in [0, 0.1) is 0 Å². The van der Waals surface area contributed by atoms with Gasteiger partial charge in [0.2, 0.25) is 0 Å². The standard InChI is InChI=1S/C7H7BrO2S2/c8-6-3-11-7-1-2-12(9,10)4-5(6)7/h3H,1-2,4H2. The van der Waals surface area contributed by atoms with Crippen LogP contribution in [0.15, 0.2) is 9.85 Å². The van der Waals surface area contributed by atoms with Gasteiger partial charge in [0.25, 0.3) is 0 Å². The van der Waals surface area contributed by atoms with Gasteiger partial charge >= 0.3 is 0 Å². The number of hydrogen-bond donors (Lipinski definition) is 0. The normalized spacial score (nSPS) is 20.4. The molecule has 0 atom stereocenters. The van der Waals surface area contributed by atoms with Crippen molar-refractivity contribution in [2.45, 2.75) is 12.2 Å². The fraction of sp³-hybridized carbons (Fsp3) is 0.429. The first-order valence-corrected chi connectivity index (χ1v) is 7.03. The SMILES string of the molecule is O=S1(=O)CCc2scc(Br)c2C1. The molecule has 0 amide bonds. The minimum absolute atomic E-state index is 0.215. The van der Waals surface area contributed by atoms with Crippen molar-refractivity contribution in [3.05, 3.63) is 20.3 Å². The van der Waals surface area contributed by atoms with Crippen LogP contribution < -0.4 is 0 Å². The summed E-state index contributed by atoms with van der Waals surface area (Å²) in [6.45, 7) is 0. The molecule has 0 saturated carbocycles. The average Bonchev–Trinajstić information content (AvgIpc) is 2.31. The van der Waals surface area contributed by atoms with Crippen LogP contribution in [-0.2, 0) is 22.0 Å². The van der Waals surface area contributed by atoms with Crippen LogP contribution in [0.1, 0.15) is 10.4 Å². The van der Waals surface area contributed by atoms with Gasteiger partial charge in [-0.15, -0.1) is 11.3 Å². The summed E-state index contributed by atoms with van der Waals surface area (Å²) in [5.74, 6) is 0.527. The maximum Gasteiger partial charge on any atom is 0.154 e. The molecule has 2 rings (SSSR count). The predicted octanol–water partition coefficient (Wildman–Crippen LogP) is 1.98. The van der Waals surface area contributed by atoms with E-state index in [0.717, 1.165) is 10.0 Å². The molecule has 1 aliphatic rings. The number of aryl methyl sites for hydroxylation is 1. The molecule has 5 heteroatoms. The summed E-state index contributed by atoms with van der Waals surface area (Å²) in [4.78, 5) is 1.22. The van der Waals surface area contributed by atoms with Crippen LogP contribution in [-0.4, -0.2) is 14.2 Å². The summed E-state index contributed by atoms with van der Waals surface area (Å²) >= 11 is 4.99. The van der Waals surface area contributed by atoms with E-state index in [4.69, 9.17) is 0 Å². The Labute approximate surface area is 83.7 Å². The van der Waals surface area contributed by atoms with Gasteiger partial charge in [0.05, 0.1) is 11.5 Å². The van der Waals surface area contributed by atoms with E-state index in [9.17, 15) is 8.42 Å². The van der Waals surface area contributed by atoms with Crippen molar-refractivity contribution in [2.75, 3.05) is 5.75 Å². The molecule has 1 aromatic rings. The molecule has 0 N–H and O–H groups in total. The molecule has 66 valence electrons. The van der Waals surface area contributed by atoms with Crippen molar-refractivity contribution in [3.63, 3.8) is 0 Å². The molecule has 0 radical (unpaired) electrons. The van der Waals surface area contributed by atoms with Crippen LogP contribution in [0.2, 0.25) is 0 Å². The summed E-state index contributed by atoms with van der Waals surface area (Å²) < 4.78 is 23.4. The molecule has 1 aliphatic heterocycles. The van der Waals surface area contributed by atoms with E-state index in [0.29, 0.717) is 12.2 Å². The van der Waals surface area contributed by atoms with E-state index in [-0.39, 0.29) is 5.75 Å². The summed E-state index contributed by atoms with van der Waals surface area (Å²) in [6, 6.07) is 0. The van der Waals surface area contributed by atoms with Gasteiger partial charge in [0, 0.05) is 14.7 Å². The van der Waals surface area contributed by atoms with Gasteiger partial charge in [-0.25, -0.2) is 8.42 Å². The monoisotopic (exact) mass is 266 g/mol. The van der Waals surface area contributed by atoms with Crippen LogP contribution in [0.25, 0.3) is 0 Å². The van der Waals surface area contributed by atoms with Crippen molar-refractivity contribution in [1.82, 2.24) is 0 Å². The highest BCUT2D eigenvalue weighted by Gasteiger charge is 2.24. The molecule has 0 saturated heterocycles. The number of sulfone groups is 1. The van der Waals surface area contributed by atoms with Crippen molar-refractivity contribution >= 4 is 37.1 Å². The highest BCUT2D eigenvalue weighted by atomic mass is 79.9. The first kappa shape index (κ1) is 8.72. The topological polar surface area (TPSA) is 34.1 Å². The van der Waals surface area contributed by atoms with E-state index in [1.54, 1.807) is 11.3 Å². The number of rotatable bonds is 0. The lowest BCUT2D eigenvalue weighted by atomic mass is 10.2. The Bertz CT molecular complexity index is 405. The third-order valence-corrected chi connectivity index (χ3v) is 5.59. The second-order valence-electron chi connectivity index (χ2n) is 2.83. The highest BCUT2D eigenvalue weighted by molar-refractivity contribution is 9.10. The molecule has 0 fully saturated rings. The zero-order valence-corrected chi connectivity index (χ0v) is 9.43. The zero-order chi connectivity index (χ0) is 8.77. The Morgan fingerprint density at radius 2 is 2.25 bits per heavy atom. The smallest absolute Gasteiger partial charge is 0.154 e. The molecular formula is C7H7BrO2S2. The lowest BCUT2D eigenvalue weighted by Gasteiger charge is -2.11. The van der Waals surface area contributed by atoms with Gasteiger partial charge in [-0.3, -0.25) is 0 Å². The van der Waals surface area contributed by atoms with Crippen molar-refractivity contribution in [3.8, 4) is 0 Å². The second kappa shape index (κ2) is 2.82. The van der Waals surface area contributed by atoms with Gasteiger partial charge in [-0.05, 0) is 27.9 Å². The van der Waals surface area contributed by atoms with E-state index < -0.39 is 9.84 Å². The predicted molar refractivity (Wildman–Crippen MR) is 53.2 cm³/mol. The Hall–Kier alpha value is 0.130. The van der Waals surface area contributed by atoms with Crippen LogP contribution >= 0.6 is 27.3 Å². The zero-order valence-electron chi connectivity index (χ0n) is 6.21. The van der Waals surface area contributed by atoms with E-state index in [1.807, 2.05) is 5.38 Å². The summed E-state index contributed by atoms with van der Waals surface area (Å²) in [5, 5.41) is 1.96. The lowest BCUT2D eigenvalue weighted by molar-refractivity contribution is 0.592. The van der Waals surface area contributed by atoms with Crippen LogP contribution in [0.4, 0.5) is 0 Å². The Morgan fingerprint density at radius 3 is 3.00 bits per heavy atom. The summed E-state index contributed by atoms with van der Waals surface area (Å²) in [6.07, 6.45) is 0.688. The minimum atomic E-state index is -2.81.